The highest BCUT2D eigenvalue weighted by Gasteiger charge is 2.14. The third-order valence-corrected chi connectivity index (χ3v) is 3.02. The number of allylic oxidation sites excluding steroid dienone is 1. The molecule has 0 amide bonds. The van der Waals surface area contributed by atoms with E-state index in [2.05, 4.69) is 24.9 Å². The lowest BCUT2D eigenvalue weighted by molar-refractivity contribution is 0.384. The first-order chi connectivity index (χ1) is 8.62. The van der Waals surface area contributed by atoms with E-state index in [1.807, 2.05) is 19.2 Å². The van der Waals surface area contributed by atoms with Gasteiger partial charge in [0.2, 0.25) is 0 Å². The maximum absolute atomic E-state index is 5.44. The fraction of sp³-hybridized carbons (Fsp3) is 0.467. The van der Waals surface area contributed by atoms with Gasteiger partial charge >= 0.3 is 0 Å². The molecule has 0 radical (unpaired) electrons. The van der Waals surface area contributed by atoms with Crippen LogP contribution in [-0.4, -0.2) is 21.3 Å². The summed E-state index contributed by atoms with van der Waals surface area (Å²) in [4.78, 5) is 0. The molecule has 0 aliphatic heterocycles. The molecule has 0 fully saturated rings. The molecule has 0 bridgehead atoms. The molecule has 0 aliphatic rings. The number of hydrogen-bond donors (Lipinski definition) is 1. The molecule has 3 heteroatoms. The van der Waals surface area contributed by atoms with Crippen molar-refractivity contribution >= 4 is 0 Å². The van der Waals surface area contributed by atoms with Gasteiger partial charge in [-0.05, 0) is 32.9 Å². The summed E-state index contributed by atoms with van der Waals surface area (Å²) < 4.78 is 10.6. The summed E-state index contributed by atoms with van der Waals surface area (Å²) in [6, 6.07) is 6.20. The second-order valence-electron chi connectivity index (χ2n) is 4.44. The highest BCUT2D eigenvalue weighted by Crippen LogP contribution is 2.31. The summed E-state index contributed by atoms with van der Waals surface area (Å²) in [5.41, 5.74) is 2.35. The van der Waals surface area contributed by atoms with Gasteiger partial charge in [0.25, 0.3) is 0 Å². The Morgan fingerprint density at radius 3 is 2.56 bits per heavy atom. The second kappa shape index (κ2) is 7.07. The van der Waals surface area contributed by atoms with Gasteiger partial charge in [-0.15, -0.1) is 6.58 Å². The van der Waals surface area contributed by atoms with Crippen molar-refractivity contribution in [3.8, 4) is 11.5 Å². The average Bonchev–Trinajstić information content (AvgIpc) is 2.39. The van der Waals surface area contributed by atoms with Crippen LogP contribution in [0.2, 0.25) is 0 Å². The molecule has 1 atom stereocenters. The van der Waals surface area contributed by atoms with Crippen molar-refractivity contribution in [2.45, 2.75) is 25.8 Å². The van der Waals surface area contributed by atoms with E-state index in [1.165, 1.54) is 5.57 Å². The van der Waals surface area contributed by atoms with Crippen LogP contribution in [0.5, 0.6) is 11.5 Å². The predicted octanol–water partition coefficient (Wildman–Crippen LogP) is 3.32. The van der Waals surface area contributed by atoms with Crippen LogP contribution in [0, 0.1) is 0 Å². The first-order valence-corrected chi connectivity index (χ1v) is 6.16. The third-order valence-electron chi connectivity index (χ3n) is 3.02. The minimum Gasteiger partial charge on any atom is -0.497 e. The Morgan fingerprint density at radius 1 is 1.33 bits per heavy atom. The summed E-state index contributed by atoms with van der Waals surface area (Å²) in [5, 5.41) is 3.32. The van der Waals surface area contributed by atoms with Crippen LogP contribution in [0.15, 0.2) is 30.4 Å². The zero-order valence-electron chi connectivity index (χ0n) is 11.7. The number of hydrogen-bond acceptors (Lipinski definition) is 3. The van der Waals surface area contributed by atoms with Crippen LogP contribution in [0.4, 0.5) is 0 Å². The number of methoxy groups -OCH3 is 2. The van der Waals surface area contributed by atoms with Gasteiger partial charge in [0.1, 0.15) is 11.5 Å². The maximum Gasteiger partial charge on any atom is 0.127 e. The standard InChI is InChI=1S/C15H23NO2/c1-11(2)6-9-14(16-3)13-8-7-12(17-4)10-15(13)18-5/h7-8,10,14,16H,1,6,9H2,2-5H3. The molecule has 3 nitrogen and oxygen atoms in total. The van der Waals surface area contributed by atoms with Gasteiger partial charge in [0, 0.05) is 17.7 Å². The van der Waals surface area contributed by atoms with Crippen molar-refractivity contribution in [1.29, 1.82) is 0 Å². The largest absolute Gasteiger partial charge is 0.497 e. The molecule has 1 aromatic rings. The van der Waals surface area contributed by atoms with E-state index in [9.17, 15) is 0 Å². The number of nitrogens with one attached hydrogen (secondary N) is 1. The number of benzene rings is 1. The number of rotatable bonds is 7. The Balaban J connectivity index is 2.93. The van der Waals surface area contributed by atoms with E-state index in [0.717, 1.165) is 29.9 Å². The average molecular weight is 249 g/mol. The summed E-state index contributed by atoms with van der Waals surface area (Å²) in [7, 11) is 5.31. The van der Waals surface area contributed by atoms with Crippen molar-refractivity contribution in [3.63, 3.8) is 0 Å². The smallest absolute Gasteiger partial charge is 0.127 e. The van der Waals surface area contributed by atoms with Crippen molar-refractivity contribution in [2.75, 3.05) is 21.3 Å². The Bertz CT molecular complexity index is 401. The van der Waals surface area contributed by atoms with Crippen LogP contribution in [0.3, 0.4) is 0 Å². The van der Waals surface area contributed by atoms with E-state index in [-0.39, 0.29) is 6.04 Å². The topological polar surface area (TPSA) is 30.5 Å². The Kier molecular flexibility index (Phi) is 5.72. The Hall–Kier alpha value is -1.48. The van der Waals surface area contributed by atoms with E-state index in [4.69, 9.17) is 9.47 Å². The highest BCUT2D eigenvalue weighted by molar-refractivity contribution is 5.42. The molecule has 0 heterocycles. The molecule has 1 rings (SSSR count). The molecule has 1 aromatic carbocycles. The van der Waals surface area contributed by atoms with Crippen LogP contribution in [0.1, 0.15) is 31.4 Å². The second-order valence-corrected chi connectivity index (χ2v) is 4.44. The highest BCUT2D eigenvalue weighted by atomic mass is 16.5. The van der Waals surface area contributed by atoms with Gasteiger partial charge in [-0.25, -0.2) is 0 Å². The van der Waals surface area contributed by atoms with Gasteiger partial charge in [0.15, 0.2) is 0 Å². The van der Waals surface area contributed by atoms with Gasteiger partial charge in [-0.2, -0.15) is 0 Å². The first kappa shape index (κ1) is 14.6. The van der Waals surface area contributed by atoms with Crippen molar-refractivity contribution in [3.05, 3.63) is 35.9 Å². The minimum atomic E-state index is 0.266. The summed E-state index contributed by atoms with van der Waals surface area (Å²) in [5.74, 6) is 1.67. The molecule has 18 heavy (non-hydrogen) atoms. The predicted molar refractivity (Wildman–Crippen MR) is 75.4 cm³/mol. The van der Waals surface area contributed by atoms with Crippen LogP contribution < -0.4 is 14.8 Å². The van der Waals surface area contributed by atoms with E-state index in [0.29, 0.717) is 0 Å². The molecular weight excluding hydrogens is 226 g/mol. The fourth-order valence-corrected chi connectivity index (χ4v) is 1.95. The summed E-state index contributed by atoms with van der Waals surface area (Å²) >= 11 is 0. The van der Waals surface area contributed by atoms with E-state index in [1.54, 1.807) is 14.2 Å². The van der Waals surface area contributed by atoms with Gasteiger partial charge in [0.05, 0.1) is 14.2 Å². The summed E-state index contributed by atoms with van der Waals surface area (Å²) in [6.07, 6.45) is 2.01. The number of ether oxygens (including phenoxy) is 2. The fourth-order valence-electron chi connectivity index (χ4n) is 1.95. The van der Waals surface area contributed by atoms with E-state index < -0.39 is 0 Å². The van der Waals surface area contributed by atoms with Crippen molar-refractivity contribution < 1.29 is 9.47 Å². The molecule has 1 unspecified atom stereocenters. The molecule has 0 aromatic heterocycles. The lowest BCUT2D eigenvalue weighted by Gasteiger charge is -2.20. The zero-order valence-corrected chi connectivity index (χ0v) is 11.7. The van der Waals surface area contributed by atoms with Crippen LogP contribution in [0.25, 0.3) is 0 Å². The molecular formula is C15H23NO2. The maximum atomic E-state index is 5.44. The normalized spacial score (nSPS) is 12.0. The van der Waals surface area contributed by atoms with Gasteiger partial charge < -0.3 is 14.8 Å². The first-order valence-electron chi connectivity index (χ1n) is 6.16. The lowest BCUT2D eigenvalue weighted by Crippen LogP contribution is -2.17. The molecule has 0 saturated carbocycles. The van der Waals surface area contributed by atoms with Crippen molar-refractivity contribution in [1.82, 2.24) is 5.32 Å². The van der Waals surface area contributed by atoms with Crippen LogP contribution >= 0.6 is 0 Å². The third kappa shape index (κ3) is 3.77. The molecule has 0 saturated heterocycles. The Morgan fingerprint density at radius 2 is 2.06 bits per heavy atom. The Labute approximate surface area is 110 Å². The van der Waals surface area contributed by atoms with Gasteiger partial charge in [-0.3, -0.25) is 0 Å². The lowest BCUT2D eigenvalue weighted by atomic mass is 9.99. The van der Waals surface area contributed by atoms with Crippen molar-refractivity contribution in [2.24, 2.45) is 0 Å². The quantitative estimate of drug-likeness (QED) is 0.752. The molecule has 100 valence electrons. The molecule has 0 aliphatic carbocycles. The zero-order chi connectivity index (χ0) is 13.5. The monoisotopic (exact) mass is 249 g/mol. The van der Waals surface area contributed by atoms with Gasteiger partial charge in [-0.1, -0.05) is 11.6 Å². The summed E-state index contributed by atoms with van der Waals surface area (Å²) in [6.45, 7) is 6.00. The molecule has 0 spiro atoms. The van der Waals surface area contributed by atoms with E-state index >= 15 is 0 Å². The molecule has 1 N–H and O–H groups in total. The minimum absolute atomic E-state index is 0.266. The SMILES string of the molecule is C=C(C)CCC(NC)c1ccc(OC)cc1OC. The van der Waals surface area contributed by atoms with Crippen LogP contribution in [-0.2, 0) is 0 Å².